The van der Waals surface area contributed by atoms with Crippen molar-refractivity contribution in [1.82, 2.24) is 9.97 Å². The van der Waals surface area contributed by atoms with Crippen LogP contribution in [0.1, 0.15) is 38.1 Å². The standard InChI is InChI=1S/C13H23N5O2/c1-4-10(5-2)18(6-7-19)13-15-9(3)8-11(16-13)12(14)17-20/h8,10,19-20H,4-7H2,1-3H3,(H2,14,17). The molecule has 0 aliphatic heterocycles. The van der Waals surface area contributed by atoms with Crippen molar-refractivity contribution >= 4 is 11.8 Å². The van der Waals surface area contributed by atoms with Gasteiger partial charge in [0.25, 0.3) is 0 Å². The van der Waals surface area contributed by atoms with Crippen LogP contribution in [-0.2, 0) is 0 Å². The van der Waals surface area contributed by atoms with Crippen LogP contribution in [0.5, 0.6) is 0 Å². The highest BCUT2D eigenvalue weighted by Gasteiger charge is 2.19. The van der Waals surface area contributed by atoms with Crippen molar-refractivity contribution in [3.8, 4) is 0 Å². The maximum Gasteiger partial charge on any atom is 0.226 e. The van der Waals surface area contributed by atoms with Gasteiger partial charge in [-0.15, -0.1) is 0 Å². The minimum absolute atomic E-state index is 0.0205. The zero-order valence-corrected chi connectivity index (χ0v) is 12.2. The van der Waals surface area contributed by atoms with E-state index in [1.165, 1.54) is 0 Å². The van der Waals surface area contributed by atoms with Gasteiger partial charge in [0, 0.05) is 18.3 Å². The molecule has 1 aromatic rings. The third kappa shape index (κ3) is 3.80. The number of hydrogen-bond acceptors (Lipinski definition) is 6. The van der Waals surface area contributed by atoms with Gasteiger partial charge in [-0.2, -0.15) is 0 Å². The number of rotatable bonds is 7. The van der Waals surface area contributed by atoms with Gasteiger partial charge in [0.2, 0.25) is 5.95 Å². The van der Waals surface area contributed by atoms with E-state index < -0.39 is 0 Å². The number of aliphatic hydroxyl groups is 1. The molecule has 20 heavy (non-hydrogen) atoms. The van der Waals surface area contributed by atoms with E-state index in [1.807, 2.05) is 11.8 Å². The van der Waals surface area contributed by atoms with E-state index in [4.69, 9.17) is 10.9 Å². The normalized spacial score (nSPS) is 11.9. The number of amidine groups is 1. The van der Waals surface area contributed by atoms with Crippen molar-refractivity contribution in [2.24, 2.45) is 10.9 Å². The Hall–Kier alpha value is -1.89. The summed E-state index contributed by atoms with van der Waals surface area (Å²) in [7, 11) is 0. The van der Waals surface area contributed by atoms with E-state index in [2.05, 4.69) is 29.0 Å². The van der Waals surface area contributed by atoms with Crippen LogP contribution in [0.15, 0.2) is 11.2 Å². The highest BCUT2D eigenvalue weighted by Crippen LogP contribution is 2.17. The minimum atomic E-state index is -0.0507. The quantitative estimate of drug-likeness (QED) is 0.296. The largest absolute Gasteiger partial charge is 0.409 e. The monoisotopic (exact) mass is 281 g/mol. The lowest BCUT2D eigenvalue weighted by Crippen LogP contribution is -2.38. The van der Waals surface area contributed by atoms with Crippen LogP contribution in [0.4, 0.5) is 5.95 Å². The molecule has 0 aliphatic carbocycles. The number of aliphatic hydroxyl groups excluding tert-OH is 1. The number of nitrogens with zero attached hydrogens (tertiary/aromatic N) is 4. The van der Waals surface area contributed by atoms with Gasteiger partial charge >= 0.3 is 0 Å². The Morgan fingerprint density at radius 1 is 1.40 bits per heavy atom. The summed E-state index contributed by atoms with van der Waals surface area (Å²) >= 11 is 0. The predicted octanol–water partition coefficient (Wildman–Crippen LogP) is 0.867. The molecule has 1 aromatic heterocycles. The van der Waals surface area contributed by atoms with Crippen molar-refractivity contribution < 1.29 is 10.3 Å². The zero-order chi connectivity index (χ0) is 15.1. The third-order valence-electron chi connectivity index (χ3n) is 3.19. The van der Waals surface area contributed by atoms with Crippen LogP contribution in [0, 0.1) is 6.92 Å². The van der Waals surface area contributed by atoms with Crippen LogP contribution in [-0.4, -0.2) is 45.3 Å². The van der Waals surface area contributed by atoms with Crippen molar-refractivity contribution in [1.29, 1.82) is 0 Å². The highest BCUT2D eigenvalue weighted by molar-refractivity contribution is 5.95. The predicted molar refractivity (Wildman–Crippen MR) is 78.1 cm³/mol. The van der Waals surface area contributed by atoms with Gasteiger partial charge in [0.1, 0.15) is 5.69 Å². The average molecular weight is 281 g/mol. The van der Waals surface area contributed by atoms with Gasteiger partial charge in [0.05, 0.1) is 6.61 Å². The van der Waals surface area contributed by atoms with E-state index in [-0.39, 0.29) is 18.5 Å². The SMILES string of the molecule is CCC(CC)N(CCO)c1nc(C)cc(/C(N)=N/O)n1. The smallest absolute Gasteiger partial charge is 0.226 e. The number of aryl methyl sites for hydroxylation is 1. The molecule has 112 valence electrons. The van der Waals surface area contributed by atoms with Crippen LogP contribution in [0.3, 0.4) is 0 Å². The van der Waals surface area contributed by atoms with Gasteiger partial charge in [0.15, 0.2) is 5.84 Å². The van der Waals surface area contributed by atoms with E-state index in [0.717, 1.165) is 18.5 Å². The molecule has 0 unspecified atom stereocenters. The van der Waals surface area contributed by atoms with Gasteiger partial charge < -0.3 is 20.9 Å². The Morgan fingerprint density at radius 2 is 2.05 bits per heavy atom. The molecular formula is C13H23N5O2. The second-order valence-corrected chi connectivity index (χ2v) is 4.57. The molecule has 7 heteroatoms. The summed E-state index contributed by atoms with van der Waals surface area (Å²) in [5.74, 6) is 0.444. The Labute approximate surface area is 119 Å². The van der Waals surface area contributed by atoms with E-state index in [1.54, 1.807) is 6.07 Å². The Bertz CT molecular complexity index is 460. The minimum Gasteiger partial charge on any atom is -0.409 e. The topological polar surface area (TPSA) is 108 Å². The third-order valence-corrected chi connectivity index (χ3v) is 3.19. The summed E-state index contributed by atoms with van der Waals surface area (Å²) in [6.07, 6.45) is 1.85. The fraction of sp³-hybridized carbons (Fsp3) is 0.615. The first-order chi connectivity index (χ1) is 9.57. The van der Waals surface area contributed by atoms with Gasteiger partial charge in [-0.05, 0) is 25.8 Å². The number of nitrogens with two attached hydrogens (primary N) is 1. The van der Waals surface area contributed by atoms with Crippen LogP contribution < -0.4 is 10.6 Å². The molecular weight excluding hydrogens is 258 g/mol. The molecule has 4 N–H and O–H groups in total. The van der Waals surface area contributed by atoms with Crippen molar-refractivity contribution in [2.45, 2.75) is 39.7 Å². The van der Waals surface area contributed by atoms with Crippen molar-refractivity contribution in [2.75, 3.05) is 18.1 Å². The lowest BCUT2D eigenvalue weighted by molar-refractivity contribution is 0.295. The summed E-state index contributed by atoms with van der Waals surface area (Å²) in [5.41, 5.74) is 6.69. The Balaban J connectivity index is 3.22. The molecule has 0 fully saturated rings. The zero-order valence-electron chi connectivity index (χ0n) is 12.2. The average Bonchev–Trinajstić information content (AvgIpc) is 2.46. The fourth-order valence-electron chi connectivity index (χ4n) is 2.15. The molecule has 0 spiro atoms. The van der Waals surface area contributed by atoms with Crippen LogP contribution >= 0.6 is 0 Å². The molecule has 1 rings (SSSR count). The molecule has 0 atom stereocenters. The van der Waals surface area contributed by atoms with Gasteiger partial charge in [-0.3, -0.25) is 0 Å². The fourth-order valence-corrected chi connectivity index (χ4v) is 2.15. The summed E-state index contributed by atoms with van der Waals surface area (Å²) in [5, 5.41) is 21.0. The Kier molecular flexibility index (Phi) is 6.17. The van der Waals surface area contributed by atoms with E-state index in [9.17, 15) is 5.11 Å². The number of aromatic nitrogens is 2. The second kappa shape index (κ2) is 7.64. The number of anilines is 1. The van der Waals surface area contributed by atoms with E-state index in [0.29, 0.717) is 18.2 Å². The lowest BCUT2D eigenvalue weighted by Gasteiger charge is -2.30. The molecule has 0 amide bonds. The van der Waals surface area contributed by atoms with E-state index >= 15 is 0 Å². The molecule has 1 heterocycles. The lowest BCUT2D eigenvalue weighted by atomic mass is 10.1. The molecule has 0 radical (unpaired) electrons. The molecule has 0 saturated carbocycles. The maximum absolute atomic E-state index is 9.25. The molecule has 0 aromatic carbocycles. The number of oxime groups is 1. The summed E-state index contributed by atoms with van der Waals surface area (Å²) in [6.45, 7) is 6.46. The molecule has 0 aliphatic rings. The highest BCUT2D eigenvalue weighted by atomic mass is 16.4. The number of hydrogen-bond donors (Lipinski definition) is 3. The van der Waals surface area contributed by atoms with Crippen LogP contribution in [0.25, 0.3) is 0 Å². The molecule has 0 saturated heterocycles. The summed E-state index contributed by atoms with van der Waals surface area (Å²) in [4.78, 5) is 10.7. The first kappa shape index (κ1) is 16.2. The van der Waals surface area contributed by atoms with Gasteiger partial charge in [-0.1, -0.05) is 19.0 Å². The van der Waals surface area contributed by atoms with Gasteiger partial charge in [-0.25, -0.2) is 9.97 Å². The second-order valence-electron chi connectivity index (χ2n) is 4.57. The van der Waals surface area contributed by atoms with Crippen LogP contribution in [0.2, 0.25) is 0 Å². The molecule has 7 nitrogen and oxygen atoms in total. The first-order valence-electron chi connectivity index (χ1n) is 6.78. The maximum atomic E-state index is 9.25. The summed E-state index contributed by atoms with van der Waals surface area (Å²) in [6, 6.07) is 1.90. The van der Waals surface area contributed by atoms with Crippen molar-refractivity contribution in [3.63, 3.8) is 0 Å². The first-order valence-corrected chi connectivity index (χ1v) is 6.78. The van der Waals surface area contributed by atoms with Crippen molar-refractivity contribution in [3.05, 3.63) is 17.5 Å². The summed E-state index contributed by atoms with van der Waals surface area (Å²) < 4.78 is 0. The molecule has 0 bridgehead atoms. The Morgan fingerprint density at radius 3 is 2.55 bits per heavy atom.